The van der Waals surface area contributed by atoms with Crippen LogP contribution in [0.25, 0.3) is 16.5 Å². The summed E-state index contributed by atoms with van der Waals surface area (Å²) in [7, 11) is 0. The van der Waals surface area contributed by atoms with Crippen LogP contribution in [0.2, 0.25) is 5.02 Å². The fourth-order valence-electron chi connectivity index (χ4n) is 3.48. The monoisotopic (exact) mass is 398 g/mol. The van der Waals surface area contributed by atoms with Crippen LogP contribution in [-0.4, -0.2) is 15.8 Å². The first-order valence-electron chi connectivity index (χ1n) is 9.05. The van der Waals surface area contributed by atoms with Gasteiger partial charge in [-0.2, -0.15) is 0 Å². The molecule has 1 heterocycles. The van der Waals surface area contributed by atoms with E-state index < -0.39 is 12.1 Å². The number of para-hydroxylation sites is 1. The maximum absolute atomic E-state index is 13.5. The first-order chi connectivity index (χ1) is 13.1. The molecule has 3 aromatic rings. The van der Waals surface area contributed by atoms with Gasteiger partial charge in [0, 0.05) is 11.4 Å². The lowest BCUT2D eigenvalue weighted by molar-refractivity contribution is 0.190. The molecular formula is C22H23ClN2O3. The minimum absolute atomic E-state index is 0.213. The van der Waals surface area contributed by atoms with Crippen molar-refractivity contribution in [3.63, 3.8) is 0 Å². The zero-order chi connectivity index (χ0) is 20.6. The highest BCUT2D eigenvalue weighted by Gasteiger charge is 2.24. The van der Waals surface area contributed by atoms with Crippen molar-refractivity contribution in [2.75, 3.05) is 0 Å². The van der Waals surface area contributed by atoms with E-state index in [4.69, 9.17) is 11.6 Å². The lowest BCUT2D eigenvalue weighted by Crippen LogP contribution is -2.31. The Bertz CT molecular complexity index is 1100. The molecule has 0 saturated carbocycles. The van der Waals surface area contributed by atoms with Gasteiger partial charge in [0.05, 0.1) is 16.5 Å². The molecule has 1 atom stereocenters. The average molecular weight is 399 g/mol. The molecule has 2 aromatic carbocycles. The third-order valence-electron chi connectivity index (χ3n) is 4.77. The first kappa shape index (κ1) is 20.0. The quantitative estimate of drug-likeness (QED) is 0.631. The second-order valence-corrected chi connectivity index (χ2v) is 8.26. The highest BCUT2D eigenvalue weighted by atomic mass is 35.5. The summed E-state index contributed by atoms with van der Waals surface area (Å²) < 4.78 is 1.53. The molecule has 0 bridgehead atoms. The van der Waals surface area contributed by atoms with Gasteiger partial charge in [0.1, 0.15) is 0 Å². The van der Waals surface area contributed by atoms with Gasteiger partial charge < -0.3 is 10.4 Å². The molecule has 6 heteroatoms. The number of nitrogens with zero attached hydrogens (tertiary/aromatic N) is 1. The molecule has 0 aliphatic carbocycles. The van der Waals surface area contributed by atoms with Crippen molar-refractivity contribution < 1.29 is 9.90 Å². The van der Waals surface area contributed by atoms with E-state index in [-0.39, 0.29) is 11.0 Å². The molecule has 2 N–H and O–H groups in total. The number of carbonyl (C=O) groups is 1. The van der Waals surface area contributed by atoms with Crippen LogP contribution in [0.15, 0.2) is 53.3 Å². The number of pyridine rings is 1. The molecule has 1 aromatic heterocycles. The Morgan fingerprint density at radius 3 is 2.36 bits per heavy atom. The largest absolute Gasteiger partial charge is 0.465 e. The highest BCUT2D eigenvalue weighted by Crippen LogP contribution is 2.34. The second kappa shape index (κ2) is 7.32. The second-order valence-electron chi connectivity index (χ2n) is 7.85. The summed E-state index contributed by atoms with van der Waals surface area (Å²) in [5.41, 5.74) is 1.70. The third kappa shape index (κ3) is 3.62. The molecule has 0 spiro atoms. The lowest BCUT2D eigenvalue weighted by atomic mass is 9.83. The number of fused-ring (bicyclic) bond motifs is 1. The van der Waals surface area contributed by atoms with Crippen molar-refractivity contribution >= 4 is 28.5 Å². The molecule has 5 nitrogen and oxygen atoms in total. The third-order valence-corrected chi connectivity index (χ3v) is 5.08. The van der Waals surface area contributed by atoms with Crippen LogP contribution < -0.4 is 10.9 Å². The molecular weight excluding hydrogens is 376 g/mol. The van der Waals surface area contributed by atoms with Gasteiger partial charge >= 0.3 is 6.09 Å². The van der Waals surface area contributed by atoms with Gasteiger partial charge in [-0.05, 0) is 47.6 Å². The molecule has 28 heavy (non-hydrogen) atoms. The minimum atomic E-state index is -1.15. The van der Waals surface area contributed by atoms with Crippen LogP contribution in [0.1, 0.15) is 45.0 Å². The van der Waals surface area contributed by atoms with Gasteiger partial charge in [-0.15, -0.1) is 0 Å². The summed E-state index contributed by atoms with van der Waals surface area (Å²) in [6.45, 7) is 7.92. The molecule has 1 unspecified atom stereocenters. The number of amides is 1. The van der Waals surface area contributed by atoms with Gasteiger partial charge in [-0.3, -0.25) is 9.36 Å². The SMILES string of the molecule is CC(NC(=O)O)c1cc2c(C(C)(C)C)ccc(Cl)c2c(=O)n1-c1ccccc1. The summed E-state index contributed by atoms with van der Waals surface area (Å²) in [6, 6.07) is 14.1. The summed E-state index contributed by atoms with van der Waals surface area (Å²) in [4.78, 5) is 24.8. The number of halogens is 1. The topological polar surface area (TPSA) is 71.3 Å². The number of rotatable bonds is 3. The van der Waals surface area contributed by atoms with Crippen molar-refractivity contribution in [2.24, 2.45) is 0 Å². The summed E-state index contributed by atoms with van der Waals surface area (Å²) in [6.07, 6.45) is -1.15. The fraction of sp³-hybridized carbons (Fsp3) is 0.273. The van der Waals surface area contributed by atoms with Gasteiger partial charge in [0.25, 0.3) is 5.56 Å². The summed E-state index contributed by atoms with van der Waals surface area (Å²) >= 11 is 6.44. The molecule has 0 aliphatic rings. The number of hydrogen-bond donors (Lipinski definition) is 2. The van der Waals surface area contributed by atoms with E-state index in [9.17, 15) is 14.7 Å². The zero-order valence-electron chi connectivity index (χ0n) is 16.3. The van der Waals surface area contributed by atoms with E-state index in [1.54, 1.807) is 13.0 Å². The Labute approximate surface area is 168 Å². The Kier molecular flexibility index (Phi) is 5.22. The van der Waals surface area contributed by atoms with E-state index in [2.05, 4.69) is 26.1 Å². The Morgan fingerprint density at radius 2 is 1.79 bits per heavy atom. The summed E-state index contributed by atoms with van der Waals surface area (Å²) in [5, 5.41) is 13.2. The first-order valence-corrected chi connectivity index (χ1v) is 9.42. The van der Waals surface area contributed by atoms with Gasteiger partial charge in [-0.25, -0.2) is 4.79 Å². The van der Waals surface area contributed by atoms with E-state index in [0.717, 1.165) is 10.9 Å². The predicted molar refractivity (Wildman–Crippen MR) is 113 cm³/mol. The predicted octanol–water partition coefficient (Wildman–Crippen LogP) is 5.27. The van der Waals surface area contributed by atoms with Crippen molar-refractivity contribution in [3.05, 3.63) is 75.2 Å². The van der Waals surface area contributed by atoms with E-state index in [0.29, 0.717) is 21.8 Å². The van der Waals surface area contributed by atoms with E-state index >= 15 is 0 Å². The van der Waals surface area contributed by atoms with Crippen LogP contribution in [-0.2, 0) is 5.41 Å². The van der Waals surface area contributed by atoms with E-state index in [1.807, 2.05) is 42.5 Å². The van der Waals surface area contributed by atoms with E-state index in [1.165, 1.54) is 4.57 Å². The Balaban J connectivity index is 2.47. The number of carboxylic acid groups (broad SMARTS) is 1. The van der Waals surface area contributed by atoms with Gasteiger partial charge in [0.15, 0.2) is 0 Å². The van der Waals surface area contributed by atoms with Crippen molar-refractivity contribution in [3.8, 4) is 5.69 Å². The smallest absolute Gasteiger partial charge is 0.405 e. The number of hydrogen-bond acceptors (Lipinski definition) is 2. The number of aromatic nitrogens is 1. The molecule has 1 amide bonds. The molecule has 0 aliphatic heterocycles. The molecule has 0 saturated heterocycles. The lowest BCUT2D eigenvalue weighted by Gasteiger charge is -2.25. The van der Waals surface area contributed by atoms with Gasteiger partial charge in [0.2, 0.25) is 0 Å². The number of nitrogens with one attached hydrogen (secondary N) is 1. The van der Waals surface area contributed by atoms with Crippen molar-refractivity contribution in [1.82, 2.24) is 9.88 Å². The molecule has 146 valence electrons. The minimum Gasteiger partial charge on any atom is -0.465 e. The van der Waals surface area contributed by atoms with Crippen LogP contribution in [0.4, 0.5) is 4.79 Å². The zero-order valence-corrected chi connectivity index (χ0v) is 17.0. The Hall–Kier alpha value is -2.79. The molecule has 0 fully saturated rings. The maximum atomic E-state index is 13.5. The van der Waals surface area contributed by atoms with Gasteiger partial charge in [-0.1, -0.05) is 56.6 Å². The highest BCUT2D eigenvalue weighted by molar-refractivity contribution is 6.35. The Morgan fingerprint density at radius 1 is 1.14 bits per heavy atom. The maximum Gasteiger partial charge on any atom is 0.405 e. The van der Waals surface area contributed by atoms with Crippen molar-refractivity contribution in [2.45, 2.75) is 39.2 Å². The van der Waals surface area contributed by atoms with Crippen molar-refractivity contribution in [1.29, 1.82) is 0 Å². The molecule has 3 rings (SSSR count). The number of benzene rings is 2. The fourth-order valence-corrected chi connectivity index (χ4v) is 3.72. The standard InChI is InChI=1S/C22H23ClN2O3/c1-13(24-21(27)28)18-12-15-16(22(2,3)4)10-11-17(23)19(15)20(26)25(18)14-8-6-5-7-9-14/h5-13,24H,1-4H3,(H,27,28). The molecule has 0 radical (unpaired) electrons. The van der Waals surface area contributed by atoms with Crippen LogP contribution in [0.5, 0.6) is 0 Å². The van der Waals surface area contributed by atoms with Crippen LogP contribution in [0, 0.1) is 0 Å². The summed E-state index contributed by atoms with van der Waals surface area (Å²) in [5.74, 6) is 0. The van der Waals surface area contributed by atoms with Crippen LogP contribution in [0.3, 0.4) is 0 Å². The normalized spacial score (nSPS) is 12.8. The average Bonchev–Trinajstić information content (AvgIpc) is 2.60. The van der Waals surface area contributed by atoms with Crippen LogP contribution >= 0.6 is 11.6 Å².